The molecule has 1 aliphatic rings. The molecule has 1 heterocycles. The van der Waals surface area contributed by atoms with Crippen molar-refractivity contribution in [2.45, 2.75) is 57.0 Å². The second-order valence-electron chi connectivity index (χ2n) is 6.90. The molecule has 0 spiro atoms. The second-order valence-corrected chi connectivity index (χ2v) is 6.90. The highest BCUT2D eigenvalue weighted by Crippen LogP contribution is 2.25. The lowest BCUT2D eigenvalue weighted by Crippen LogP contribution is -2.48. The third-order valence-corrected chi connectivity index (χ3v) is 4.73. The van der Waals surface area contributed by atoms with Crippen LogP contribution in [0.3, 0.4) is 0 Å². The van der Waals surface area contributed by atoms with Crippen molar-refractivity contribution in [2.75, 3.05) is 0 Å². The van der Waals surface area contributed by atoms with Crippen LogP contribution in [0.4, 0.5) is 0 Å². The summed E-state index contributed by atoms with van der Waals surface area (Å²) in [5.41, 5.74) is 5.94. The van der Waals surface area contributed by atoms with Gasteiger partial charge in [-0.2, -0.15) is 0 Å². The lowest BCUT2D eigenvalue weighted by atomic mass is 9.99. The van der Waals surface area contributed by atoms with Crippen molar-refractivity contribution in [2.24, 2.45) is 5.73 Å². The van der Waals surface area contributed by atoms with Crippen molar-refractivity contribution in [1.29, 1.82) is 0 Å². The number of esters is 1. The number of cyclic esters (lactones) is 1. The maximum absolute atomic E-state index is 12.3. The van der Waals surface area contributed by atoms with E-state index in [-0.39, 0.29) is 12.1 Å². The van der Waals surface area contributed by atoms with E-state index < -0.39 is 18.2 Å². The summed E-state index contributed by atoms with van der Waals surface area (Å²) in [5, 5.41) is 0. The number of hydrogen-bond acceptors (Lipinski definition) is 5. The van der Waals surface area contributed by atoms with E-state index in [9.17, 15) is 4.79 Å². The SMILES string of the molecule is C[C@@H]1OC(=O)[C@@H](N)CCCC[C@H](Oc2ccccc2)[C@H]1Oc1ccccc1. The Morgan fingerprint density at radius 1 is 0.889 bits per heavy atom. The lowest BCUT2D eigenvalue weighted by molar-refractivity contribution is -0.158. The second kappa shape index (κ2) is 9.42. The molecule has 2 aromatic carbocycles. The van der Waals surface area contributed by atoms with Gasteiger partial charge in [0.15, 0.2) is 6.10 Å². The summed E-state index contributed by atoms with van der Waals surface area (Å²) < 4.78 is 18.1. The zero-order valence-corrected chi connectivity index (χ0v) is 15.6. The topological polar surface area (TPSA) is 70.8 Å². The standard InChI is InChI=1S/C22H27NO4/c1-16-21(27-18-12-6-3-7-13-18)20(26-17-10-4-2-5-11-17)15-9-8-14-19(23)22(24)25-16/h2-7,10-13,16,19-21H,8-9,14-15,23H2,1H3/t16-,19-,20-,21-/m0/s1. The average Bonchev–Trinajstić information content (AvgIpc) is 2.69. The Labute approximate surface area is 160 Å². The Morgan fingerprint density at radius 2 is 1.44 bits per heavy atom. The highest BCUT2D eigenvalue weighted by atomic mass is 16.6. The number of carbonyl (C=O) groups excluding carboxylic acids is 1. The molecule has 2 N–H and O–H groups in total. The van der Waals surface area contributed by atoms with E-state index in [2.05, 4.69) is 0 Å². The van der Waals surface area contributed by atoms with Crippen LogP contribution in [0.5, 0.6) is 11.5 Å². The number of benzene rings is 2. The minimum atomic E-state index is -0.587. The fraction of sp³-hybridized carbons (Fsp3) is 0.409. The Balaban J connectivity index is 1.85. The molecule has 144 valence electrons. The Morgan fingerprint density at radius 3 is 2.07 bits per heavy atom. The smallest absolute Gasteiger partial charge is 0.323 e. The number of hydrogen-bond donors (Lipinski definition) is 1. The van der Waals surface area contributed by atoms with Crippen molar-refractivity contribution in [3.05, 3.63) is 60.7 Å². The molecule has 0 saturated carbocycles. The van der Waals surface area contributed by atoms with Crippen molar-refractivity contribution < 1.29 is 19.0 Å². The molecular formula is C22H27NO4. The van der Waals surface area contributed by atoms with Crippen LogP contribution in [0.1, 0.15) is 32.6 Å². The van der Waals surface area contributed by atoms with Crippen molar-refractivity contribution in [3.8, 4) is 11.5 Å². The van der Waals surface area contributed by atoms with E-state index in [1.54, 1.807) is 0 Å². The van der Waals surface area contributed by atoms with Gasteiger partial charge in [0.25, 0.3) is 0 Å². The van der Waals surface area contributed by atoms with E-state index >= 15 is 0 Å². The van der Waals surface area contributed by atoms with Gasteiger partial charge in [0.2, 0.25) is 0 Å². The number of carbonyl (C=O) groups is 1. The first-order valence-electron chi connectivity index (χ1n) is 9.53. The van der Waals surface area contributed by atoms with E-state index in [4.69, 9.17) is 19.9 Å². The molecule has 3 rings (SSSR count). The van der Waals surface area contributed by atoms with Crippen LogP contribution in [0, 0.1) is 0 Å². The van der Waals surface area contributed by atoms with Crippen LogP contribution in [0.25, 0.3) is 0 Å². The molecule has 0 aliphatic carbocycles. The molecule has 5 heteroatoms. The van der Waals surface area contributed by atoms with E-state index in [1.807, 2.05) is 67.6 Å². The Hall–Kier alpha value is -2.53. The summed E-state index contributed by atoms with van der Waals surface area (Å²) in [6.07, 6.45) is 1.98. The number of para-hydroxylation sites is 2. The fourth-order valence-electron chi connectivity index (χ4n) is 3.26. The van der Waals surface area contributed by atoms with Crippen LogP contribution in [0.2, 0.25) is 0 Å². The first-order valence-corrected chi connectivity index (χ1v) is 9.53. The van der Waals surface area contributed by atoms with Gasteiger partial charge in [-0.1, -0.05) is 42.8 Å². The molecule has 1 fully saturated rings. The molecule has 5 nitrogen and oxygen atoms in total. The molecule has 0 unspecified atom stereocenters. The first-order chi connectivity index (χ1) is 13.1. The van der Waals surface area contributed by atoms with Gasteiger partial charge >= 0.3 is 5.97 Å². The average molecular weight is 369 g/mol. The van der Waals surface area contributed by atoms with Crippen molar-refractivity contribution in [3.63, 3.8) is 0 Å². The van der Waals surface area contributed by atoms with E-state index in [1.165, 1.54) is 0 Å². The van der Waals surface area contributed by atoms with Gasteiger partial charge in [-0.25, -0.2) is 0 Å². The summed E-state index contributed by atoms with van der Waals surface area (Å²) >= 11 is 0. The maximum atomic E-state index is 12.3. The number of nitrogens with two attached hydrogens (primary N) is 1. The molecule has 0 radical (unpaired) electrons. The predicted octanol–water partition coefficient (Wildman–Crippen LogP) is 3.71. The predicted molar refractivity (Wildman–Crippen MR) is 104 cm³/mol. The molecule has 1 saturated heterocycles. The molecule has 0 bridgehead atoms. The quantitative estimate of drug-likeness (QED) is 0.832. The van der Waals surface area contributed by atoms with Gasteiger partial charge in [-0.15, -0.1) is 0 Å². The highest BCUT2D eigenvalue weighted by molar-refractivity contribution is 5.75. The van der Waals surface area contributed by atoms with Gasteiger partial charge in [-0.05, 0) is 50.5 Å². The van der Waals surface area contributed by atoms with Gasteiger partial charge in [0.1, 0.15) is 29.7 Å². The van der Waals surface area contributed by atoms with Crippen molar-refractivity contribution >= 4 is 5.97 Å². The number of rotatable bonds is 4. The van der Waals surface area contributed by atoms with Crippen LogP contribution < -0.4 is 15.2 Å². The zero-order valence-electron chi connectivity index (χ0n) is 15.6. The largest absolute Gasteiger partial charge is 0.486 e. The van der Waals surface area contributed by atoms with Crippen LogP contribution in [-0.2, 0) is 9.53 Å². The third-order valence-electron chi connectivity index (χ3n) is 4.73. The van der Waals surface area contributed by atoms with E-state index in [0.717, 1.165) is 25.0 Å². The van der Waals surface area contributed by atoms with Gasteiger partial charge in [0.05, 0.1) is 0 Å². The molecule has 1 aliphatic heterocycles. The molecular weight excluding hydrogens is 342 g/mol. The summed E-state index contributed by atoms with van der Waals surface area (Å²) in [6, 6.07) is 18.6. The maximum Gasteiger partial charge on any atom is 0.323 e. The van der Waals surface area contributed by atoms with Crippen molar-refractivity contribution in [1.82, 2.24) is 0 Å². The Kier molecular flexibility index (Phi) is 6.71. The number of ether oxygens (including phenoxy) is 3. The zero-order chi connectivity index (χ0) is 19.1. The molecule has 0 aromatic heterocycles. The summed E-state index contributed by atoms with van der Waals surface area (Å²) in [5.74, 6) is 1.11. The monoisotopic (exact) mass is 369 g/mol. The molecule has 4 atom stereocenters. The summed E-state index contributed by atoms with van der Waals surface area (Å²) in [6.45, 7) is 1.83. The normalized spacial score (nSPS) is 26.7. The minimum absolute atomic E-state index is 0.246. The van der Waals surface area contributed by atoms with Gasteiger partial charge in [0, 0.05) is 0 Å². The van der Waals surface area contributed by atoms with Crippen LogP contribution >= 0.6 is 0 Å². The summed E-state index contributed by atoms with van der Waals surface area (Å²) in [7, 11) is 0. The first kappa shape index (κ1) is 19.2. The summed E-state index contributed by atoms with van der Waals surface area (Å²) in [4.78, 5) is 12.3. The third kappa shape index (κ3) is 5.47. The lowest BCUT2D eigenvalue weighted by Gasteiger charge is -2.33. The minimum Gasteiger partial charge on any atom is -0.486 e. The van der Waals surface area contributed by atoms with Gasteiger partial charge < -0.3 is 19.9 Å². The van der Waals surface area contributed by atoms with Gasteiger partial charge in [-0.3, -0.25) is 4.79 Å². The molecule has 0 amide bonds. The van der Waals surface area contributed by atoms with E-state index in [0.29, 0.717) is 12.2 Å². The Bertz CT molecular complexity index is 707. The molecule has 27 heavy (non-hydrogen) atoms. The highest BCUT2D eigenvalue weighted by Gasteiger charge is 2.35. The van der Waals surface area contributed by atoms with Crippen LogP contribution in [-0.4, -0.2) is 30.3 Å². The fourth-order valence-corrected chi connectivity index (χ4v) is 3.26. The van der Waals surface area contributed by atoms with Crippen LogP contribution in [0.15, 0.2) is 60.7 Å². The molecule has 2 aromatic rings.